The Morgan fingerprint density at radius 2 is 2.05 bits per heavy atom. The number of hydrogen-bond donors (Lipinski definition) is 1. The molecule has 1 aliphatic rings. The van der Waals surface area contributed by atoms with Crippen LogP contribution in [0.1, 0.15) is 47.7 Å². The lowest BCUT2D eigenvalue weighted by atomic mass is 9.96. The maximum Gasteiger partial charge on any atom is 0.0714 e. The first-order valence-electron chi connectivity index (χ1n) is 7.83. The van der Waals surface area contributed by atoms with Crippen molar-refractivity contribution in [3.8, 4) is 0 Å². The molecule has 0 unspecified atom stereocenters. The lowest BCUT2D eigenvalue weighted by molar-refractivity contribution is 0.674. The Labute approximate surface area is 121 Å². The van der Waals surface area contributed by atoms with Crippen LogP contribution in [0.4, 0.5) is 0 Å². The normalized spacial score (nSPS) is 13.9. The van der Waals surface area contributed by atoms with E-state index in [1.807, 2.05) is 0 Å². The molecule has 3 rings (SSSR count). The van der Waals surface area contributed by atoms with Gasteiger partial charge in [0, 0.05) is 17.6 Å². The first kappa shape index (κ1) is 13.6. The van der Waals surface area contributed by atoms with Crippen molar-refractivity contribution >= 4 is 10.9 Å². The molecular weight excluding hydrogens is 244 g/mol. The Morgan fingerprint density at radius 3 is 2.85 bits per heavy atom. The predicted octanol–water partition coefficient (Wildman–Crippen LogP) is 3.84. The summed E-state index contributed by atoms with van der Waals surface area (Å²) in [5, 5.41) is 4.98. The van der Waals surface area contributed by atoms with Crippen molar-refractivity contribution in [3.05, 3.63) is 40.1 Å². The number of rotatable bonds is 4. The number of aromatic nitrogens is 1. The van der Waals surface area contributed by atoms with Gasteiger partial charge in [-0.05, 0) is 74.4 Å². The Balaban J connectivity index is 2.17. The topological polar surface area (TPSA) is 24.9 Å². The van der Waals surface area contributed by atoms with Crippen LogP contribution in [-0.2, 0) is 19.4 Å². The Bertz CT molecular complexity index is 644. The van der Waals surface area contributed by atoms with Crippen LogP contribution in [0, 0.1) is 13.8 Å². The average molecular weight is 268 g/mol. The van der Waals surface area contributed by atoms with Gasteiger partial charge in [0.05, 0.1) is 5.52 Å². The zero-order valence-corrected chi connectivity index (χ0v) is 12.8. The molecule has 0 amide bonds. The van der Waals surface area contributed by atoms with Gasteiger partial charge >= 0.3 is 0 Å². The van der Waals surface area contributed by atoms with Crippen molar-refractivity contribution in [1.29, 1.82) is 0 Å². The van der Waals surface area contributed by atoms with Crippen molar-refractivity contribution in [2.75, 3.05) is 6.54 Å². The Hall–Kier alpha value is -1.41. The minimum Gasteiger partial charge on any atom is -0.313 e. The number of benzene rings is 1. The first-order valence-corrected chi connectivity index (χ1v) is 7.83. The number of fused-ring (bicyclic) bond motifs is 2. The second kappa shape index (κ2) is 5.53. The fraction of sp³-hybridized carbons (Fsp3) is 0.500. The number of nitrogens with zero attached hydrogens (tertiary/aromatic N) is 1. The van der Waals surface area contributed by atoms with Gasteiger partial charge in [0.25, 0.3) is 0 Å². The largest absolute Gasteiger partial charge is 0.313 e. The predicted molar refractivity (Wildman–Crippen MR) is 85.2 cm³/mol. The quantitative estimate of drug-likeness (QED) is 0.852. The molecule has 0 saturated heterocycles. The van der Waals surface area contributed by atoms with Crippen molar-refractivity contribution < 1.29 is 0 Å². The molecule has 20 heavy (non-hydrogen) atoms. The van der Waals surface area contributed by atoms with Gasteiger partial charge < -0.3 is 5.32 Å². The molecular formula is C18H24N2. The summed E-state index contributed by atoms with van der Waals surface area (Å²) in [4.78, 5) is 4.94. The van der Waals surface area contributed by atoms with E-state index < -0.39 is 0 Å². The van der Waals surface area contributed by atoms with Gasteiger partial charge in [-0.25, -0.2) is 0 Å². The minimum atomic E-state index is 0.985. The van der Waals surface area contributed by atoms with Crippen LogP contribution in [0.25, 0.3) is 10.9 Å². The molecule has 1 aromatic carbocycles. The lowest BCUT2D eigenvalue weighted by Crippen LogP contribution is -2.16. The van der Waals surface area contributed by atoms with Gasteiger partial charge in [0.15, 0.2) is 0 Å². The third-order valence-electron chi connectivity index (χ3n) is 4.30. The van der Waals surface area contributed by atoms with E-state index >= 15 is 0 Å². The van der Waals surface area contributed by atoms with Crippen molar-refractivity contribution in [1.82, 2.24) is 10.3 Å². The van der Waals surface area contributed by atoms with E-state index in [1.165, 1.54) is 58.1 Å². The van der Waals surface area contributed by atoms with Gasteiger partial charge in [-0.1, -0.05) is 13.0 Å². The smallest absolute Gasteiger partial charge is 0.0714 e. The van der Waals surface area contributed by atoms with E-state index in [1.54, 1.807) is 0 Å². The van der Waals surface area contributed by atoms with E-state index in [0.717, 1.165) is 19.5 Å². The van der Waals surface area contributed by atoms with E-state index in [0.29, 0.717) is 0 Å². The molecule has 0 fully saturated rings. The van der Waals surface area contributed by atoms with Crippen LogP contribution in [0.15, 0.2) is 12.1 Å². The highest BCUT2D eigenvalue weighted by Gasteiger charge is 2.20. The molecule has 1 heterocycles. The highest BCUT2D eigenvalue weighted by molar-refractivity contribution is 5.87. The summed E-state index contributed by atoms with van der Waals surface area (Å²) in [6.45, 7) is 8.68. The summed E-state index contributed by atoms with van der Waals surface area (Å²) in [7, 11) is 0. The van der Waals surface area contributed by atoms with E-state index in [2.05, 4.69) is 38.2 Å². The number of pyridine rings is 1. The van der Waals surface area contributed by atoms with E-state index in [9.17, 15) is 0 Å². The third kappa shape index (κ3) is 2.33. The molecule has 0 bridgehead atoms. The molecule has 0 saturated carbocycles. The standard InChI is InChI=1S/C18H24N2/c1-4-8-19-11-15-14-6-5-7-16(14)20-17-10-12(2)9-13(3)18(15)17/h9-10,19H,4-8,11H2,1-3H3. The highest BCUT2D eigenvalue weighted by atomic mass is 14.8. The Morgan fingerprint density at radius 1 is 1.20 bits per heavy atom. The van der Waals surface area contributed by atoms with Gasteiger partial charge in [0.1, 0.15) is 0 Å². The Kier molecular flexibility index (Phi) is 3.75. The molecule has 106 valence electrons. The highest BCUT2D eigenvalue weighted by Crippen LogP contribution is 2.32. The maximum atomic E-state index is 4.94. The summed E-state index contributed by atoms with van der Waals surface area (Å²) >= 11 is 0. The zero-order chi connectivity index (χ0) is 14.1. The van der Waals surface area contributed by atoms with E-state index in [-0.39, 0.29) is 0 Å². The lowest BCUT2D eigenvalue weighted by Gasteiger charge is -2.15. The van der Waals surface area contributed by atoms with Crippen LogP contribution in [-0.4, -0.2) is 11.5 Å². The fourth-order valence-corrected chi connectivity index (χ4v) is 3.48. The number of aryl methyl sites for hydroxylation is 3. The molecule has 2 heteroatoms. The molecule has 0 spiro atoms. The van der Waals surface area contributed by atoms with Gasteiger partial charge in [-0.2, -0.15) is 0 Å². The van der Waals surface area contributed by atoms with Crippen LogP contribution >= 0.6 is 0 Å². The van der Waals surface area contributed by atoms with Crippen LogP contribution in [0.3, 0.4) is 0 Å². The minimum absolute atomic E-state index is 0.985. The summed E-state index contributed by atoms with van der Waals surface area (Å²) in [5.41, 5.74) is 8.25. The van der Waals surface area contributed by atoms with Crippen molar-refractivity contribution in [2.24, 2.45) is 0 Å². The van der Waals surface area contributed by atoms with Crippen LogP contribution < -0.4 is 5.32 Å². The molecule has 1 aromatic heterocycles. The molecule has 1 N–H and O–H groups in total. The fourth-order valence-electron chi connectivity index (χ4n) is 3.48. The van der Waals surface area contributed by atoms with Crippen molar-refractivity contribution in [3.63, 3.8) is 0 Å². The molecule has 0 radical (unpaired) electrons. The van der Waals surface area contributed by atoms with Gasteiger partial charge in [-0.3, -0.25) is 4.98 Å². The molecule has 1 aliphatic carbocycles. The van der Waals surface area contributed by atoms with Gasteiger partial charge in [0.2, 0.25) is 0 Å². The summed E-state index contributed by atoms with van der Waals surface area (Å²) in [6.07, 6.45) is 4.80. The second-order valence-corrected chi connectivity index (χ2v) is 6.02. The summed E-state index contributed by atoms with van der Waals surface area (Å²) < 4.78 is 0. The zero-order valence-electron chi connectivity index (χ0n) is 12.8. The second-order valence-electron chi connectivity index (χ2n) is 6.02. The van der Waals surface area contributed by atoms with Crippen molar-refractivity contribution in [2.45, 2.75) is 53.0 Å². The van der Waals surface area contributed by atoms with Crippen LogP contribution in [0.2, 0.25) is 0 Å². The first-order chi connectivity index (χ1) is 9.70. The SMILES string of the molecule is CCCNCc1c2c(nc3cc(C)cc(C)c13)CCC2. The number of nitrogens with one attached hydrogen (secondary N) is 1. The average Bonchev–Trinajstić information content (AvgIpc) is 2.85. The summed E-state index contributed by atoms with van der Waals surface area (Å²) in [5.74, 6) is 0. The molecule has 0 aliphatic heterocycles. The monoisotopic (exact) mass is 268 g/mol. The van der Waals surface area contributed by atoms with Crippen LogP contribution in [0.5, 0.6) is 0 Å². The van der Waals surface area contributed by atoms with Gasteiger partial charge in [-0.15, -0.1) is 0 Å². The summed E-state index contributed by atoms with van der Waals surface area (Å²) in [6, 6.07) is 4.53. The number of hydrogen-bond acceptors (Lipinski definition) is 2. The third-order valence-corrected chi connectivity index (χ3v) is 4.30. The van der Waals surface area contributed by atoms with E-state index in [4.69, 9.17) is 4.98 Å². The maximum absolute atomic E-state index is 4.94. The molecule has 2 aromatic rings. The molecule has 2 nitrogen and oxygen atoms in total. The molecule has 0 atom stereocenters.